The summed E-state index contributed by atoms with van der Waals surface area (Å²) in [5.41, 5.74) is 13.3. The zero-order valence-corrected chi connectivity index (χ0v) is 30.2. The lowest BCUT2D eigenvalue weighted by atomic mass is 9.86. The number of benzene rings is 9. The highest BCUT2D eigenvalue weighted by molar-refractivity contribution is 6.27. The van der Waals surface area contributed by atoms with E-state index in [1.165, 1.54) is 98.7 Å². The van der Waals surface area contributed by atoms with Crippen LogP contribution in [0.3, 0.4) is 0 Å². The van der Waals surface area contributed by atoms with Gasteiger partial charge in [0, 0.05) is 0 Å². The third-order valence-electron chi connectivity index (χ3n) is 10.4. The van der Waals surface area contributed by atoms with Crippen LogP contribution in [0.15, 0.2) is 183 Å². The fourth-order valence-corrected chi connectivity index (χ4v) is 7.94. The molecule has 250 valence electrons. The standard InChI is InChI=1S/C45H28.C4H8.C3H6/c1-2-8-31-25-35(16-15-28(31)7-1)39-22-18-30-19-23-41-38(21-17-29-20-24-42(39)45(30)44(29)41)33-11-5-10-32(26-33)37-13-6-14-40-36-12-4-3-9-34(36)27-43(37)40;1-3-4-2;1-3-2/h1-26H,27H2;3-4H,1-2H3;3H,1H2,2H3/b;4-3-;. The Morgan fingerprint density at radius 2 is 0.904 bits per heavy atom. The molecule has 0 heterocycles. The molecule has 0 unspecified atom stereocenters. The Labute approximate surface area is 307 Å². The van der Waals surface area contributed by atoms with Gasteiger partial charge in [-0.2, -0.15) is 0 Å². The van der Waals surface area contributed by atoms with E-state index in [1.54, 1.807) is 6.08 Å². The van der Waals surface area contributed by atoms with Crippen LogP contribution in [-0.4, -0.2) is 0 Å². The van der Waals surface area contributed by atoms with E-state index >= 15 is 0 Å². The average molecular weight is 667 g/mol. The molecule has 9 aromatic rings. The predicted molar refractivity (Wildman–Crippen MR) is 229 cm³/mol. The fraction of sp³-hybridized carbons (Fsp3) is 0.0769. The molecule has 10 rings (SSSR count). The molecular weight excluding hydrogens is 625 g/mol. The first-order valence-electron chi connectivity index (χ1n) is 18.3. The molecule has 0 aliphatic heterocycles. The van der Waals surface area contributed by atoms with Gasteiger partial charge in [0.2, 0.25) is 0 Å². The van der Waals surface area contributed by atoms with Crippen LogP contribution < -0.4 is 0 Å². The van der Waals surface area contributed by atoms with Crippen LogP contribution in [0.1, 0.15) is 31.9 Å². The average Bonchev–Trinajstić information content (AvgIpc) is 3.59. The molecule has 1 aliphatic rings. The summed E-state index contributed by atoms with van der Waals surface area (Å²) in [7, 11) is 0. The molecular formula is C52H42. The molecule has 0 nitrogen and oxygen atoms in total. The zero-order valence-electron chi connectivity index (χ0n) is 30.2. The van der Waals surface area contributed by atoms with E-state index < -0.39 is 0 Å². The predicted octanol–water partition coefficient (Wildman–Crippen LogP) is 15.1. The van der Waals surface area contributed by atoms with Gasteiger partial charge in [-0.3, -0.25) is 0 Å². The third kappa shape index (κ3) is 5.77. The molecule has 0 atom stereocenters. The van der Waals surface area contributed by atoms with Crippen molar-refractivity contribution in [2.45, 2.75) is 27.2 Å². The van der Waals surface area contributed by atoms with Crippen LogP contribution >= 0.6 is 0 Å². The quantitative estimate of drug-likeness (QED) is 0.130. The van der Waals surface area contributed by atoms with Crippen molar-refractivity contribution in [2.24, 2.45) is 0 Å². The molecule has 0 N–H and O–H groups in total. The summed E-state index contributed by atoms with van der Waals surface area (Å²) in [4.78, 5) is 0. The van der Waals surface area contributed by atoms with Crippen molar-refractivity contribution in [2.75, 3.05) is 0 Å². The lowest BCUT2D eigenvalue weighted by Gasteiger charge is -2.17. The first-order chi connectivity index (χ1) is 25.6. The first kappa shape index (κ1) is 32.9. The minimum Gasteiger partial charge on any atom is -0.103 e. The van der Waals surface area contributed by atoms with Gasteiger partial charge >= 0.3 is 0 Å². The SMILES string of the molecule is C/C=C\C.C=CC.c1cc(-c2cccc3c2Cc2ccccc2-3)cc(-c2ccc3ccc4c(-c5ccc6ccccc6c5)ccc5ccc2c3c54)c1. The van der Waals surface area contributed by atoms with Crippen molar-refractivity contribution < 1.29 is 0 Å². The maximum Gasteiger partial charge on any atom is -0.000729 e. The normalized spacial score (nSPS) is 11.7. The highest BCUT2D eigenvalue weighted by Gasteiger charge is 2.21. The van der Waals surface area contributed by atoms with Crippen molar-refractivity contribution in [1.82, 2.24) is 0 Å². The summed E-state index contributed by atoms with van der Waals surface area (Å²) < 4.78 is 0. The summed E-state index contributed by atoms with van der Waals surface area (Å²) >= 11 is 0. The van der Waals surface area contributed by atoms with Crippen LogP contribution in [-0.2, 0) is 6.42 Å². The maximum absolute atomic E-state index is 3.36. The van der Waals surface area contributed by atoms with Gasteiger partial charge in [0.15, 0.2) is 0 Å². The lowest BCUT2D eigenvalue weighted by Crippen LogP contribution is -1.91. The number of allylic oxidation sites excluding steroid dienone is 3. The second-order valence-corrected chi connectivity index (χ2v) is 13.5. The summed E-state index contributed by atoms with van der Waals surface area (Å²) in [6, 6.07) is 58.7. The summed E-state index contributed by atoms with van der Waals surface area (Å²) in [5, 5.41) is 10.5. The summed E-state index contributed by atoms with van der Waals surface area (Å²) in [6.45, 7) is 9.25. The molecule has 0 spiro atoms. The van der Waals surface area contributed by atoms with Gasteiger partial charge in [-0.15, -0.1) is 6.58 Å². The van der Waals surface area contributed by atoms with Crippen molar-refractivity contribution in [1.29, 1.82) is 0 Å². The largest absolute Gasteiger partial charge is 0.103 e. The molecule has 9 aromatic carbocycles. The van der Waals surface area contributed by atoms with Gasteiger partial charge < -0.3 is 0 Å². The fourth-order valence-electron chi connectivity index (χ4n) is 7.94. The van der Waals surface area contributed by atoms with Gasteiger partial charge in [-0.05, 0) is 138 Å². The summed E-state index contributed by atoms with van der Waals surface area (Å²) in [5.74, 6) is 0. The van der Waals surface area contributed by atoms with Gasteiger partial charge in [-0.1, -0.05) is 164 Å². The van der Waals surface area contributed by atoms with Crippen LogP contribution in [0.4, 0.5) is 0 Å². The molecule has 0 saturated carbocycles. The number of rotatable bonds is 3. The third-order valence-corrected chi connectivity index (χ3v) is 10.4. The molecule has 1 aliphatic carbocycles. The van der Waals surface area contributed by atoms with E-state index in [1.807, 2.05) is 32.9 Å². The van der Waals surface area contributed by atoms with Gasteiger partial charge in [0.1, 0.15) is 0 Å². The Kier molecular flexibility index (Phi) is 8.98. The number of hydrogen-bond acceptors (Lipinski definition) is 0. The smallest absolute Gasteiger partial charge is 0.000729 e. The molecule has 0 amide bonds. The Morgan fingerprint density at radius 3 is 1.58 bits per heavy atom. The van der Waals surface area contributed by atoms with Crippen LogP contribution in [0, 0.1) is 0 Å². The molecule has 0 aromatic heterocycles. The van der Waals surface area contributed by atoms with Crippen molar-refractivity contribution in [3.63, 3.8) is 0 Å². The Morgan fingerprint density at radius 1 is 0.404 bits per heavy atom. The Balaban J connectivity index is 0.000000512. The highest BCUT2D eigenvalue weighted by atomic mass is 14.2. The minimum atomic E-state index is 0.990. The molecule has 0 radical (unpaired) electrons. The van der Waals surface area contributed by atoms with Crippen LogP contribution in [0.25, 0.3) is 87.6 Å². The van der Waals surface area contributed by atoms with E-state index in [9.17, 15) is 0 Å². The van der Waals surface area contributed by atoms with E-state index in [2.05, 4.69) is 164 Å². The molecule has 0 fully saturated rings. The number of hydrogen-bond donors (Lipinski definition) is 0. The zero-order chi connectivity index (χ0) is 35.6. The van der Waals surface area contributed by atoms with E-state index in [0.29, 0.717) is 0 Å². The first-order valence-corrected chi connectivity index (χ1v) is 18.3. The molecule has 0 heteroatoms. The Bertz CT molecular complexity index is 2750. The van der Waals surface area contributed by atoms with Crippen molar-refractivity contribution in [3.05, 3.63) is 194 Å². The summed E-state index contributed by atoms with van der Waals surface area (Å²) in [6.07, 6.45) is 6.74. The molecule has 0 bridgehead atoms. The Hall–Kier alpha value is -6.24. The second kappa shape index (κ2) is 14.2. The molecule has 52 heavy (non-hydrogen) atoms. The number of fused-ring (bicyclic) bond motifs is 4. The monoisotopic (exact) mass is 666 g/mol. The minimum absolute atomic E-state index is 0.990. The van der Waals surface area contributed by atoms with Crippen LogP contribution in [0.5, 0.6) is 0 Å². The maximum atomic E-state index is 3.36. The van der Waals surface area contributed by atoms with E-state index in [-0.39, 0.29) is 0 Å². The second-order valence-electron chi connectivity index (χ2n) is 13.5. The van der Waals surface area contributed by atoms with E-state index in [0.717, 1.165) is 6.42 Å². The highest BCUT2D eigenvalue weighted by Crippen LogP contribution is 2.45. The lowest BCUT2D eigenvalue weighted by molar-refractivity contribution is 1.26. The van der Waals surface area contributed by atoms with Gasteiger partial charge in [0.25, 0.3) is 0 Å². The van der Waals surface area contributed by atoms with Crippen LogP contribution in [0.2, 0.25) is 0 Å². The topological polar surface area (TPSA) is 0 Å². The van der Waals surface area contributed by atoms with Gasteiger partial charge in [-0.25, -0.2) is 0 Å². The van der Waals surface area contributed by atoms with E-state index in [4.69, 9.17) is 0 Å². The molecule has 0 saturated heterocycles. The van der Waals surface area contributed by atoms with Crippen molar-refractivity contribution >= 4 is 43.1 Å². The van der Waals surface area contributed by atoms with Crippen molar-refractivity contribution in [3.8, 4) is 44.5 Å². The van der Waals surface area contributed by atoms with Gasteiger partial charge in [0.05, 0.1) is 0 Å².